The number of nitrogen functional groups attached to an aromatic ring is 1. The van der Waals surface area contributed by atoms with Gasteiger partial charge in [-0.05, 0) is 36.4 Å². The number of aliphatic hydroxyl groups is 1. The van der Waals surface area contributed by atoms with Gasteiger partial charge in [-0.2, -0.15) is 0 Å². The Bertz CT molecular complexity index is 1270. The predicted octanol–water partition coefficient (Wildman–Crippen LogP) is 1.17. The minimum absolute atomic E-state index is 0.0658. The van der Waals surface area contributed by atoms with E-state index in [9.17, 15) is 21.9 Å². The Balaban J connectivity index is 1.94. The van der Waals surface area contributed by atoms with Crippen LogP contribution in [0.2, 0.25) is 0 Å². The van der Waals surface area contributed by atoms with Gasteiger partial charge in [0.1, 0.15) is 4.90 Å². The van der Waals surface area contributed by atoms with Crippen molar-refractivity contribution >= 4 is 42.1 Å². The highest BCUT2D eigenvalue weighted by Gasteiger charge is 2.45. The first-order valence-electron chi connectivity index (χ1n) is 8.81. The number of anilines is 2. The smallest absolute Gasteiger partial charge is 0.266 e. The number of sulfonamides is 1. The highest BCUT2D eigenvalue weighted by atomic mass is 32.2. The summed E-state index contributed by atoms with van der Waals surface area (Å²) in [6, 6.07) is 13.1. The zero-order valence-corrected chi connectivity index (χ0v) is 16.8. The second kappa shape index (κ2) is 6.97. The second-order valence-electron chi connectivity index (χ2n) is 6.94. The number of nitrogens with two attached hydrogens (primary N) is 1. The zero-order chi connectivity index (χ0) is 20.8. The fourth-order valence-corrected chi connectivity index (χ4v) is 7.27. The molecule has 4 rings (SSSR count). The van der Waals surface area contributed by atoms with E-state index >= 15 is 0 Å². The first-order valence-corrected chi connectivity index (χ1v) is 12.1. The molecule has 2 atom stereocenters. The summed E-state index contributed by atoms with van der Waals surface area (Å²) < 4.78 is 52.6. The lowest BCUT2D eigenvalue weighted by atomic mass is 10.2. The number of para-hydroxylation sites is 1. The molecule has 0 amide bonds. The largest absolute Gasteiger partial charge is 0.399 e. The zero-order valence-electron chi connectivity index (χ0n) is 15.2. The van der Waals surface area contributed by atoms with Crippen LogP contribution in [-0.2, 0) is 19.9 Å². The van der Waals surface area contributed by atoms with Crippen molar-refractivity contribution in [1.29, 1.82) is 0 Å². The summed E-state index contributed by atoms with van der Waals surface area (Å²) >= 11 is 0. The van der Waals surface area contributed by atoms with Crippen molar-refractivity contribution in [2.45, 2.75) is 17.0 Å². The van der Waals surface area contributed by atoms with Crippen LogP contribution in [0, 0.1) is 0 Å². The molecule has 10 heteroatoms. The van der Waals surface area contributed by atoms with Crippen molar-refractivity contribution in [2.24, 2.45) is 0 Å². The number of rotatable bonds is 4. The van der Waals surface area contributed by atoms with Crippen molar-refractivity contribution < 1.29 is 21.9 Å². The van der Waals surface area contributed by atoms with Crippen molar-refractivity contribution in [3.8, 4) is 0 Å². The van der Waals surface area contributed by atoms with Crippen LogP contribution >= 0.6 is 0 Å². The van der Waals surface area contributed by atoms with E-state index in [-0.39, 0.29) is 16.1 Å². The summed E-state index contributed by atoms with van der Waals surface area (Å²) in [5.74, 6) is -0.970. The number of aromatic nitrogens is 1. The topological polar surface area (TPSA) is 131 Å². The normalized spacial score (nSPS) is 21.3. The monoisotopic (exact) mass is 433 g/mol. The molecule has 0 spiro atoms. The third kappa shape index (κ3) is 3.54. The summed E-state index contributed by atoms with van der Waals surface area (Å²) in [5.41, 5.74) is 6.64. The standard InChI is InChI=1S/C19H19N3O5S2/c20-14-6-8-15(9-7-14)22(16-11-28(24,25)12-17(16)23)29(26,27)18-5-1-3-13-4-2-10-21-19(13)18/h1-10,16-17,23H,11-12,20H2/t16-,17+/m1/s1. The summed E-state index contributed by atoms with van der Waals surface area (Å²) in [7, 11) is -7.84. The van der Waals surface area contributed by atoms with Gasteiger partial charge in [-0.3, -0.25) is 9.29 Å². The molecule has 0 radical (unpaired) electrons. The van der Waals surface area contributed by atoms with E-state index < -0.39 is 43.5 Å². The van der Waals surface area contributed by atoms with Crippen LogP contribution in [-0.4, -0.2) is 50.6 Å². The van der Waals surface area contributed by atoms with E-state index in [2.05, 4.69) is 4.98 Å². The van der Waals surface area contributed by atoms with Crippen molar-refractivity contribution in [3.05, 3.63) is 60.8 Å². The summed E-state index contributed by atoms with van der Waals surface area (Å²) in [4.78, 5) is 4.14. The van der Waals surface area contributed by atoms with Gasteiger partial charge >= 0.3 is 0 Å². The second-order valence-corrected chi connectivity index (χ2v) is 10.9. The molecule has 1 aromatic heterocycles. The number of benzene rings is 2. The van der Waals surface area contributed by atoms with Gasteiger partial charge in [-0.25, -0.2) is 16.8 Å². The molecule has 29 heavy (non-hydrogen) atoms. The summed E-state index contributed by atoms with van der Waals surface area (Å²) in [6.45, 7) is 0. The number of fused-ring (bicyclic) bond motifs is 1. The molecule has 1 fully saturated rings. The molecular weight excluding hydrogens is 414 g/mol. The third-order valence-electron chi connectivity index (χ3n) is 4.87. The first kappa shape index (κ1) is 19.6. The Morgan fingerprint density at radius 1 is 1.03 bits per heavy atom. The van der Waals surface area contributed by atoms with Gasteiger partial charge in [-0.1, -0.05) is 18.2 Å². The SMILES string of the molecule is Nc1ccc(N([C@@H]2CS(=O)(=O)C[C@@H]2O)S(=O)(=O)c2cccc3cccnc23)cc1. The molecule has 2 heterocycles. The van der Waals surface area contributed by atoms with E-state index in [0.717, 1.165) is 4.31 Å². The maximum absolute atomic E-state index is 13.7. The van der Waals surface area contributed by atoms with Crippen LogP contribution in [0.4, 0.5) is 11.4 Å². The van der Waals surface area contributed by atoms with Crippen LogP contribution in [0.15, 0.2) is 65.7 Å². The molecule has 8 nitrogen and oxygen atoms in total. The average molecular weight is 434 g/mol. The van der Waals surface area contributed by atoms with E-state index in [4.69, 9.17) is 5.73 Å². The van der Waals surface area contributed by atoms with Crippen LogP contribution in [0.5, 0.6) is 0 Å². The lowest BCUT2D eigenvalue weighted by Gasteiger charge is -2.31. The first-order chi connectivity index (χ1) is 13.7. The van der Waals surface area contributed by atoms with Crippen LogP contribution in [0.1, 0.15) is 0 Å². The highest BCUT2D eigenvalue weighted by Crippen LogP contribution is 2.33. The van der Waals surface area contributed by atoms with E-state index in [0.29, 0.717) is 11.1 Å². The molecule has 0 bridgehead atoms. The Hall–Kier alpha value is -2.69. The Labute approximate surface area is 168 Å². The number of hydrogen-bond acceptors (Lipinski definition) is 7. The molecular formula is C19H19N3O5S2. The molecule has 3 aromatic rings. The fraction of sp³-hybridized carbons (Fsp3) is 0.211. The van der Waals surface area contributed by atoms with Crippen molar-refractivity contribution in [1.82, 2.24) is 4.98 Å². The number of pyridine rings is 1. The summed E-state index contributed by atoms with van der Waals surface area (Å²) in [6.07, 6.45) is 0.138. The van der Waals surface area contributed by atoms with Crippen molar-refractivity contribution in [2.75, 3.05) is 21.5 Å². The van der Waals surface area contributed by atoms with Crippen LogP contribution < -0.4 is 10.0 Å². The van der Waals surface area contributed by atoms with E-state index in [1.165, 1.54) is 36.5 Å². The molecule has 1 aliphatic rings. The van der Waals surface area contributed by atoms with E-state index in [1.807, 2.05) is 0 Å². The lowest BCUT2D eigenvalue weighted by molar-refractivity contribution is 0.184. The molecule has 1 aliphatic heterocycles. The number of nitrogens with zero attached hydrogens (tertiary/aromatic N) is 2. The van der Waals surface area contributed by atoms with Gasteiger partial charge in [0.2, 0.25) is 0 Å². The van der Waals surface area contributed by atoms with Gasteiger partial charge in [0.25, 0.3) is 10.0 Å². The minimum Gasteiger partial charge on any atom is -0.399 e. The summed E-state index contributed by atoms with van der Waals surface area (Å²) in [5, 5.41) is 11.0. The maximum Gasteiger partial charge on any atom is 0.266 e. The lowest BCUT2D eigenvalue weighted by Crippen LogP contribution is -2.47. The molecule has 3 N–H and O–H groups in total. The minimum atomic E-state index is -4.25. The molecule has 152 valence electrons. The van der Waals surface area contributed by atoms with Gasteiger partial charge < -0.3 is 10.8 Å². The Morgan fingerprint density at radius 2 is 1.72 bits per heavy atom. The third-order valence-corrected chi connectivity index (χ3v) is 8.46. The van der Waals surface area contributed by atoms with Gasteiger partial charge in [0.15, 0.2) is 9.84 Å². The molecule has 0 aliphatic carbocycles. The Morgan fingerprint density at radius 3 is 2.38 bits per heavy atom. The Kier molecular flexibility index (Phi) is 4.72. The van der Waals surface area contributed by atoms with Gasteiger partial charge in [0.05, 0.1) is 34.9 Å². The molecule has 0 unspecified atom stereocenters. The molecule has 0 saturated carbocycles. The predicted molar refractivity (Wildman–Crippen MR) is 111 cm³/mol. The van der Waals surface area contributed by atoms with Gasteiger partial charge in [0, 0.05) is 17.3 Å². The molecule has 2 aromatic carbocycles. The quantitative estimate of drug-likeness (QED) is 0.591. The van der Waals surface area contributed by atoms with Crippen LogP contribution in [0.25, 0.3) is 10.9 Å². The van der Waals surface area contributed by atoms with Crippen molar-refractivity contribution in [3.63, 3.8) is 0 Å². The maximum atomic E-state index is 13.7. The highest BCUT2D eigenvalue weighted by molar-refractivity contribution is 7.93. The van der Waals surface area contributed by atoms with E-state index in [1.54, 1.807) is 24.3 Å². The fourth-order valence-electron chi connectivity index (χ4n) is 3.55. The number of sulfone groups is 1. The van der Waals surface area contributed by atoms with Gasteiger partial charge in [-0.15, -0.1) is 0 Å². The average Bonchev–Trinajstić information content (AvgIpc) is 2.95. The van der Waals surface area contributed by atoms with Crippen LogP contribution in [0.3, 0.4) is 0 Å². The molecule has 1 saturated heterocycles. The number of aliphatic hydroxyl groups excluding tert-OH is 1. The number of hydrogen-bond donors (Lipinski definition) is 2.